The van der Waals surface area contributed by atoms with E-state index in [0.717, 1.165) is 16.5 Å². The third-order valence-electron chi connectivity index (χ3n) is 3.96. The minimum Gasteiger partial charge on any atom is -0.488 e. The molecule has 4 atom stereocenters. The maximum atomic E-state index is 11.8. The van der Waals surface area contributed by atoms with Crippen molar-refractivity contribution < 1.29 is 19.0 Å². The molecular formula is C13H11BrO4. The quantitative estimate of drug-likeness (QED) is 0.589. The van der Waals surface area contributed by atoms with Crippen LogP contribution in [0, 0.1) is 0 Å². The van der Waals surface area contributed by atoms with E-state index in [-0.39, 0.29) is 24.1 Å². The molecule has 0 spiro atoms. The van der Waals surface area contributed by atoms with E-state index < -0.39 is 0 Å². The first-order chi connectivity index (χ1) is 8.69. The van der Waals surface area contributed by atoms with Gasteiger partial charge in [-0.25, -0.2) is 4.79 Å². The smallest absolute Gasteiger partial charge is 0.341 e. The van der Waals surface area contributed by atoms with Crippen molar-refractivity contribution in [3.63, 3.8) is 0 Å². The summed E-state index contributed by atoms with van der Waals surface area (Å²) in [7, 11) is 1.38. The molecule has 94 valence electrons. The monoisotopic (exact) mass is 310 g/mol. The molecule has 2 fully saturated rings. The number of benzene rings is 1. The second kappa shape index (κ2) is 3.48. The second-order valence-corrected chi connectivity index (χ2v) is 5.84. The van der Waals surface area contributed by atoms with Crippen molar-refractivity contribution >= 4 is 21.9 Å². The van der Waals surface area contributed by atoms with Crippen molar-refractivity contribution in [2.75, 3.05) is 7.11 Å². The molecule has 0 N–H and O–H groups in total. The van der Waals surface area contributed by atoms with Gasteiger partial charge in [-0.15, -0.1) is 0 Å². The van der Waals surface area contributed by atoms with E-state index in [9.17, 15) is 4.79 Å². The fraction of sp³-hybridized carbons (Fsp3) is 0.462. The zero-order valence-corrected chi connectivity index (χ0v) is 11.3. The number of ether oxygens (including phenoxy) is 3. The highest BCUT2D eigenvalue weighted by atomic mass is 79.9. The Kier molecular flexibility index (Phi) is 2.09. The van der Waals surface area contributed by atoms with E-state index in [4.69, 9.17) is 14.2 Å². The lowest BCUT2D eigenvalue weighted by Crippen LogP contribution is -2.17. The van der Waals surface area contributed by atoms with Crippen LogP contribution >= 0.6 is 15.9 Å². The van der Waals surface area contributed by atoms with Gasteiger partial charge in [0, 0.05) is 16.5 Å². The minimum atomic E-state index is -0.360. The molecule has 2 aliphatic heterocycles. The maximum Gasteiger partial charge on any atom is 0.341 e. The van der Waals surface area contributed by atoms with Crippen LogP contribution in [0.15, 0.2) is 16.6 Å². The standard InChI is InChI=1S/C13H11BrO4/c1-16-13(15)7-3-5(14)2-6-10-8(17-11(6)7)4-9-12(10)18-9/h2-3,8-10,12H,4H2,1H3/t8-,9+,10+,12+/m1/s1. The maximum absolute atomic E-state index is 11.8. The lowest BCUT2D eigenvalue weighted by molar-refractivity contribution is 0.0594. The van der Waals surface area contributed by atoms with Crippen LogP contribution in [0.5, 0.6) is 5.75 Å². The van der Waals surface area contributed by atoms with Gasteiger partial charge in [-0.3, -0.25) is 0 Å². The van der Waals surface area contributed by atoms with E-state index in [1.165, 1.54) is 7.11 Å². The normalized spacial score (nSPS) is 34.3. The molecule has 2 heterocycles. The zero-order valence-electron chi connectivity index (χ0n) is 9.68. The van der Waals surface area contributed by atoms with Crippen LogP contribution in [0.3, 0.4) is 0 Å². The van der Waals surface area contributed by atoms with Crippen LogP contribution in [-0.4, -0.2) is 31.4 Å². The molecule has 1 aliphatic carbocycles. The van der Waals surface area contributed by atoms with Gasteiger partial charge in [0.05, 0.1) is 25.2 Å². The molecule has 1 saturated carbocycles. The lowest BCUT2D eigenvalue weighted by Gasteiger charge is -2.11. The van der Waals surface area contributed by atoms with Crippen LogP contribution in [0.4, 0.5) is 0 Å². The van der Waals surface area contributed by atoms with Crippen LogP contribution in [0.1, 0.15) is 28.3 Å². The number of rotatable bonds is 1. The number of carbonyl (C=O) groups excluding carboxylic acids is 1. The van der Waals surface area contributed by atoms with Crippen LogP contribution in [-0.2, 0) is 9.47 Å². The average molecular weight is 311 g/mol. The molecule has 0 radical (unpaired) electrons. The van der Waals surface area contributed by atoms with Crippen molar-refractivity contribution in [1.82, 2.24) is 0 Å². The SMILES string of the molecule is COC(=O)c1cc(Br)cc2c1O[C@@H]1C[C@@H]3O[C@@H]3[C@@H]21. The summed E-state index contributed by atoms with van der Waals surface area (Å²) in [5.74, 6) is 0.584. The molecule has 4 nitrogen and oxygen atoms in total. The van der Waals surface area contributed by atoms with Crippen LogP contribution < -0.4 is 4.74 Å². The highest BCUT2D eigenvalue weighted by Crippen LogP contribution is 2.56. The van der Waals surface area contributed by atoms with Gasteiger partial charge in [-0.2, -0.15) is 0 Å². The van der Waals surface area contributed by atoms with Crippen molar-refractivity contribution in [2.24, 2.45) is 0 Å². The molecule has 0 unspecified atom stereocenters. The number of fused-ring (bicyclic) bond motifs is 5. The Hall–Kier alpha value is -1.07. The Morgan fingerprint density at radius 2 is 2.28 bits per heavy atom. The van der Waals surface area contributed by atoms with Crippen LogP contribution in [0.25, 0.3) is 0 Å². The van der Waals surface area contributed by atoms with Gasteiger partial charge in [-0.05, 0) is 12.1 Å². The minimum absolute atomic E-state index is 0.154. The summed E-state index contributed by atoms with van der Waals surface area (Å²) in [4.78, 5) is 11.8. The summed E-state index contributed by atoms with van der Waals surface area (Å²) >= 11 is 3.44. The third kappa shape index (κ3) is 1.32. The number of halogens is 1. The number of epoxide rings is 1. The lowest BCUT2D eigenvalue weighted by atomic mass is 9.95. The van der Waals surface area contributed by atoms with Gasteiger partial charge >= 0.3 is 5.97 Å². The fourth-order valence-corrected chi connectivity index (χ4v) is 3.63. The molecule has 1 aromatic carbocycles. The van der Waals surface area contributed by atoms with Gasteiger partial charge < -0.3 is 14.2 Å². The van der Waals surface area contributed by atoms with E-state index in [1.54, 1.807) is 6.07 Å². The van der Waals surface area contributed by atoms with Crippen molar-refractivity contribution in [2.45, 2.75) is 30.7 Å². The number of carbonyl (C=O) groups is 1. The number of hydrogen-bond donors (Lipinski definition) is 0. The Labute approximate surface area is 112 Å². The highest BCUT2D eigenvalue weighted by Gasteiger charge is 2.60. The predicted octanol–water partition coefficient (Wildman–Crippen LogP) is 2.25. The molecule has 1 aromatic rings. The Morgan fingerprint density at radius 3 is 3.06 bits per heavy atom. The van der Waals surface area contributed by atoms with Gasteiger partial charge in [0.15, 0.2) is 0 Å². The molecule has 1 saturated heterocycles. The van der Waals surface area contributed by atoms with Gasteiger partial charge in [-0.1, -0.05) is 15.9 Å². The molecule has 3 aliphatic rings. The number of hydrogen-bond acceptors (Lipinski definition) is 4. The van der Waals surface area contributed by atoms with Gasteiger partial charge in [0.2, 0.25) is 0 Å². The molecule has 5 heteroatoms. The Balaban J connectivity index is 1.85. The van der Waals surface area contributed by atoms with Crippen molar-refractivity contribution in [3.05, 3.63) is 27.7 Å². The molecule has 0 aromatic heterocycles. The Bertz CT molecular complexity index is 556. The first-order valence-electron chi connectivity index (χ1n) is 5.93. The number of methoxy groups -OCH3 is 1. The number of esters is 1. The van der Waals surface area contributed by atoms with E-state index in [1.807, 2.05) is 6.07 Å². The first kappa shape index (κ1) is 10.8. The summed E-state index contributed by atoms with van der Waals surface area (Å²) in [6.07, 6.45) is 1.70. The van der Waals surface area contributed by atoms with Crippen molar-refractivity contribution in [1.29, 1.82) is 0 Å². The van der Waals surface area contributed by atoms with Crippen LogP contribution in [0.2, 0.25) is 0 Å². The summed E-state index contributed by atoms with van der Waals surface area (Å²) in [6, 6.07) is 3.77. The summed E-state index contributed by atoms with van der Waals surface area (Å²) in [6.45, 7) is 0. The Morgan fingerprint density at radius 1 is 1.44 bits per heavy atom. The van der Waals surface area contributed by atoms with Gasteiger partial charge in [0.1, 0.15) is 17.4 Å². The van der Waals surface area contributed by atoms with Crippen molar-refractivity contribution in [3.8, 4) is 5.75 Å². The summed E-state index contributed by atoms with van der Waals surface area (Å²) in [5, 5.41) is 0. The summed E-state index contributed by atoms with van der Waals surface area (Å²) < 4.78 is 17.2. The molecule has 0 bridgehead atoms. The molecule has 4 rings (SSSR count). The van der Waals surface area contributed by atoms with E-state index >= 15 is 0 Å². The highest BCUT2D eigenvalue weighted by molar-refractivity contribution is 9.10. The molecule has 0 amide bonds. The largest absolute Gasteiger partial charge is 0.488 e. The van der Waals surface area contributed by atoms with E-state index in [2.05, 4.69) is 15.9 Å². The molecular weight excluding hydrogens is 300 g/mol. The third-order valence-corrected chi connectivity index (χ3v) is 4.41. The molecule has 18 heavy (non-hydrogen) atoms. The predicted molar refractivity (Wildman–Crippen MR) is 65.9 cm³/mol. The average Bonchev–Trinajstić information content (AvgIpc) is 2.87. The fourth-order valence-electron chi connectivity index (χ4n) is 3.15. The van der Waals surface area contributed by atoms with E-state index in [0.29, 0.717) is 17.4 Å². The summed E-state index contributed by atoms with van der Waals surface area (Å²) in [5.41, 5.74) is 1.56. The second-order valence-electron chi connectivity index (χ2n) is 4.92. The van der Waals surface area contributed by atoms with Gasteiger partial charge in [0.25, 0.3) is 0 Å². The topological polar surface area (TPSA) is 48.1 Å². The zero-order chi connectivity index (χ0) is 12.4. The first-order valence-corrected chi connectivity index (χ1v) is 6.72.